The van der Waals surface area contributed by atoms with Gasteiger partial charge in [-0.05, 0) is 127 Å². The van der Waals surface area contributed by atoms with Gasteiger partial charge in [-0.3, -0.25) is 0 Å². The second-order valence-electron chi connectivity index (χ2n) is 17.2. The summed E-state index contributed by atoms with van der Waals surface area (Å²) < 4.78 is 8.86. The molecule has 2 aromatic heterocycles. The van der Waals surface area contributed by atoms with Crippen LogP contribution in [0.2, 0.25) is 0 Å². The van der Waals surface area contributed by atoms with E-state index in [1.165, 1.54) is 82.2 Å². The van der Waals surface area contributed by atoms with E-state index in [0.29, 0.717) is 0 Å². The second-order valence-corrected chi connectivity index (χ2v) is 17.2. The van der Waals surface area contributed by atoms with Crippen LogP contribution < -0.4 is 4.90 Å². The number of hydrogen-bond acceptors (Lipinski definition) is 2. The molecule has 1 aliphatic heterocycles. The van der Waals surface area contributed by atoms with Crippen molar-refractivity contribution in [3.05, 3.63) is 236 Å². The third kappa shape index (κ3) is 5.16. The standard InChI is InChI=1S/C61H38N2O/c1-2-13-43-34-41(12-1)54-35-39(26-32-58(54)62(43)42-28-24-38(25-29-42)45-20-11-21-53-52-19-8-10-23-60(52)64-61(45)53)40-27-33-59-56(36-40)51-18-7-9-22-57(51)63(59)44-30-31-50-48-16-4-3-14-46(48)47-15-5-6-17-49(47)55(50)37-44/h1-37,41H. The maximum Gasteiger partial charge on any atom is 0.143 e. The van der Waals surface area contributed by atoms with E-state index in [-0.39, 0.29) is 5.92 Å². The Labute approximate surface area is 369 Å². The molecule has 0 amide bonds. The van der Waals surface area contributed by atoms with Crippen LogP contribution in [0.4, 0.5) is 11.4 Å². The molecule has 0 saturated heterocycles. The molecule has 0 fully saturated rings. The van der Waals surface area contributed by atoms with Crippen molar-refractivity contribution in [2.24, 2.45) is 0 Å². The van der Waals surface area contributed by atoms with Crippen LogP contribution in [-0.2, 0) is 0 Å². The molecule has 1 atom stereocenters. The lowest BCUT2D eigenvalue weighted by Crippen LogP contribution is -2.21. The van der Waals surface area contributed by atoms with E-state index in [1.54, 1.807) is 0 Å². The number of nitrogens with zero attached hydrogens (tertiary/aromatic N) is 2. The summed E-state index contributed by atoms with van der Waals surface area (Å²) in [6.45, 7) is 0. The van der Waals surface area contributed by atoms with Gasteiger partial charge < -0.3 is 13.9 Å². The molecule has 10 aromatic carbocycles. The highest BCUT2D eigenvalue weighted by Gasteiger charge is 2.27. The van der Waals surface area contributed by atoms with Gasteiger partial charge in [-0.2, -0.15) is 0 Å². The number of para-hydroxylation sites is 3. The quantitative estimate of drug-likeness (QED) is 0.165. The number of furan rings is 1. The third-order valence-corrected chi connectivity index (χ3v) is 13.8. The van der Waals surface area contributed by atoms with Crippen LogP contribution in [0.5, 0.6) is 0 Å². The zero-order valence-electron chi connectivity index (χ0n) is 34.7. The summed E-state index contributed by atoms with van der Waals surface area (Å²) in [6.07, 6.45) is 11.3. The van der Waals surface area contributed by atoms with E-state index in [2.05, 4.69) is 222 Å². The first-order valence-electron chi connectivity index (χ1n) is 22.1. The van der Waals surface area contributed by atoms with Crippen LogP contribution in [0.1, 0.15) is 11.5 Å². The van der Waals surface area contributed by atoms with Crippen molar-refractivity contribution in [3.63, 3.8) is 0 Å². The minimum atomic E-state index is 0.160. The zero-order chi connectivity index (χ0) is 41.9. The molecular weight excluding hydrogens is 777 g/mol. The Hall–Kier alpha value is -8.40. The lowest BCUT2D eigenvalue weighted by Gasteiger charge is -2.34. The highest BCUT2D eigenvalue weighted by molar-refractivity contribution is 6.25. The van der Waals surface area contributed by atoms with Gasteiger partial charge in [0, 0.05) is 50.1 Å². The van der Waals surface area contributed by atoms with E-state index < -0.39 is 0 Å². The average molecular weight is 815 g/mol. The summed E-state index contributed by atoms with van der Waals surface area (Å²) in [5, 5.41) is 12.5. The summed E-state index contributed by atoms with van der Waals surface area (Å²) in [4.78, 5) is 2.40. The fraction of sp³-hybridized carbons (Fsp3) is 0.0164. The van der Waals surface area contributed by atoms with Crippen LogP contribution in [0.15, 0.2) is 235 Å². The third-order valence-electron chi connectivity index (χ3n) is 13.8. The molecule has 12 aromatic rings. The number of hydrogen-bond donors (Lipinski definition) is 0. The first-order chi connectivity index (χ1) is 31.7. The van der Waals surface area contributed by atoms with E-state index in [0.717, 1.165) is 44.4 Å². The first kappa shape index (κ1) is 35.2. The molecule has 64 heavy (non-hydrogen) atoms. The lowest BCUT2D eigenvalue weighted by molar-refractivity contribution is 0.670. The summed E-state index contributed by atoms with van der Waals surface area (Å²) >= 11 is 0. The fourth-order valence-corrected chi connectivity index (χ4v) is 10.8. The van der Waals surface area contributed by atoms with Crippen molar-refractivity contribution in [2.75, 3.05) is 4.90 Å². The minimum Gasteiger partial charge on any atom is -0.455 e. The number of rotatable bonds is 4. The van der Waals surface area contributed by atoms with E-state index >= 15 is 0 Å². The maximum atomic E-state index is 6.41. The van der Waals surface area contributed by atoms with Gasteiger partial charge in [0.1, 0.15) is 11.2 Å². The van der Waals surface area contributed by atoms with Crippen LogP contribution in [0.25, 0.3) is 104 Å². The van der Waals surface area contributed by atoms with Gasteiger partial charge in [0.15, 0.2) is 0 Å². The molecule has 1 unspecified atom stereocenters. The van der Waals surface area contributed by atoms with Crippen LogP contribution in [-0.4, -0.2) is 4.57 Å². The van der Waals surface area contributed by atoms with Gasteiger partial charge >= 0.3 is 0 Å². The van der Waals surface area contributed by atoms with Crippen molar-refractivity contribution < 1.29 is 4.42 Å². The molecule has 1 aliphatic carbocycles. The Kier molecular flexibility index (Phi) is 7.46. The van der Waals surface area contributed by atoms with E-state index in [1.807, 2.05) is 12.1 Å². The molecule has 0 saturated carbocycles. The summed E-state index contributed by atoms with van der Waals surface area (Å²) in [5.41, 5.74) is 14.8. The molecule has 2 aliphatic rings. The normalized spacial score (nSPS) is 14.7. The molecule has 0 spiro atoms. The van der Waals surface area contributed by atoms with Gasteiger partial charge in [-0.15, -0.1) is 0 Å². The SMILES string of the molecule is C1=CC2=CC(C=C1)c1cc(-c3ccc4c(c3)c3ccccc3n4-c3ccc4c5ccccc5c5ccccc5c4c3)ccc1N2c1ccc(-c2cccc3c2oc2ccccc23)cc1. The zero-order valence-corrected chi connectivity index (χ0v) is 34.7. The predicted octanol–water partition coefficient (Wildman–Crippen LogP) is 16.7. The van der Waals surface area contributed by atoms with Gasteiger partial charge in [0.25, 0.3) is 0 Å². The average Bonchev–Trinajstić information content (AvgIpc) is 3.82. The van der Waals surface area contributed by atoms with Crippen molar-refractivity contribution in [1.82, 2.24) is 4.57 Å². The summed E-state index contributed by atoms with van der Waals surface area (Å²) in [7, 11) is 0. The second kappa shape index (κ2) is 13.5. The Bertz CT molecular complexity index is 3990. The Morgan fingerprint density at radius 1 is 0.406 bits per heavy atom. The van der Waals surface area contributed by atoms with Crippen molar-refractivity contribution in [3.8, 4) is 27.9 Å². The monoisotopic (exact) mass is 814 g/mol. The molecular formula is C61H38N2O. The number of allylic oxidation sites excluding steroid dienone is 5. The smallest absolute Gasteiger partial charge is 0.143 e. The molecule has 3 nitrogen and oxygen atoms in total. The highest BCUT2D eigenvalue weighted by Crippen LogP contribution is 2.46. The molecule has 3 heteroatoms. The number of aromatic nitrogens is 1. The fourth-order valence-electron chi connectivity index (χ4n) is 10.8. The number of fused-ring (bicyclic) bond motifs is 15. The van der Waals surface area contributed by atoms with E-state index in [4.69, 9.17) is 4.42 Å². The predicted molar refractivity (Wildman–Crippen MR) is 269 cm³/mol. The maximum absolute atomic E-state index is 6.41. The van der Waals surface area contributed by atoms with Crippen LogP contribution in [0, 0.1) is 0 Å². The number of anilines is 2. The summed E-state index contributed by atoms with van der Waals surface area (Å²) in [5.74, 6) is 0.160. The molecule has 0 N–H and O–H groups in total. The Balaban J connectivity index is 0.867. The van der Waals surface area contributed by atoms with Gasteiger partial charge in [-0.1, -0.05) is 152 Å². The molecule has 0 radical (unpaired) electrons. The topological polar surface area (TPSA) is 21.3 Å². The van der Waals surface area contributed by atoms with Gasteiger partial charge in [0.05, 0.1) is 16.7 Å². The number of benzene rings is 10. The van der Waals surface area contributed by atoms with Crippen LogP contribution >= 0.6 is 0 Å². The first-order valence-corrected chi connectivity index (χ1v) is 22.1. The Morgan fingerprint density at radius 2 is 1.03 bits per heavy atom. The van der Waals surface area contributed by atoms with E-state index in [9.17, 15) is 0 Å². The van der Waals surface area contributed by atoms with Crippen molar-refractivity contribution in [1.29, 1.82) is 0 Å². The van der Waals surface area contributed by atoms with Crippen molar-refractivity contribution >= 4 is 87.4 Å². The van der Waals surface area contributed by atoms with Crippen LogP contribution in [0.3, 0.4) is 0 Å². The lowest BCUT2D eigenvalue weighted by atomic mass is 9.88. The molecule has 298 valence electrons. The largest absolute Gasteiger partial charge is 0.455 e. The minimum absolute atomic E-state index is 0.160. The molecule has 2 bridgehead atoms. The highest BCUT2D eigenvalue weighted by atomic mass is 16.3. The van der Waals surface area contributed by atoms with Gasteiger partial charge in [0.2, 0.25) is 0 Å². The van der Waals surface area contributed by atoms with Gasteiger partial charge in [-0.25, -0.2) is 0 Å². The Morgan fingerprint density at radius 3 is 1.84 bits per heavy atom. The van der Waals surface area contributed by atoms with Crippen molar-refractivity contribution in [2.45, 2.75) is 5.92 Å². The summed E-state index contributed by atoms with van der Waals surface area (Å²) in [6, 6.07) is 71.2. The molecule has 14 rings (SSSR count). The molecule has 3 heterocycles.